The van der Waals surface area contributed by atoms with Gasteiger partial charge in [-0.1, -0.05) is 6.07 Å². The van der Waals surface area contributed by atoms with Gasteiger partial charge in [-0.3, -0.25) is 4.79 Å². The molecule has 1 amide bonds. The van der Waals surface area contributed by atoms with Crippen molar-refractivity contribution >= 4 is 5.91 Å². The molecule has 1 aromatic carbocycles. The Labute approximate surface area is 111 Å². The molecule has 0 unspecified atom stereocenters. The van der Waals surface area contributed by atoms with Gasteiger partial charge in [-0.15, -0.1) is 10.2 Å². The van der Waals surface area contributed by atoms with Crippen molar-refractivity contribution in [1.29, 1.82) is 0 Å². The Balaban J connectivity index is 1.89. The van der Waals surface area contributed by atoms with Gasteiger partial charge in [-0.25, -0.2) is 0 Å². The Morgan fingerprint density at radius 1 is 1.26 bits per heavy atom. The molecule has 0 radical (unpaired) electrons. The molecule has 98 valence electrons. The summed E-state index contributed by atoms with van der Waals surface area (Å²) in [6, 6.07) is 7.35. The highest BCUT2D eigenvalue weighted by Crippen LogP contribution is 2.20. The van der Waals surface area contributed by atoms with Crippen molar-refractivity contribution in [2.24, 2.45) is 0 Å². The minimum absolute atomic E-state index is 0.0792. The number of aryl methyl sites for hydroxylation is 1. The number of likely N-dealkylation sites (tertiary alicyclic amines) is 1. The summed E-state index contributed by atoms with van der Waals surface area (Å²) >= 11 is 0. The van der Waals surface area contributed by atoms with Crippen LogP contribution in [-0.4, -0.2) is 34.1 Å². The van der Waals surface area contributed by atoms with Crippen LogP contribution in [0.2, 0.25) is 0 Å². The van der Waals surface area contributed by atoms with Gasteiger partial charge in [0.2, 0.25) is 11.8 Å². The van der Waals surface area contributed by atoms with E-state index in [2.05, 4.69) is 10.2 Å². The number of carbonyl (C=O) groups excluding carboxylic acids is 1. The van der Waals surface area contributed by atoms with E-state index in [1.165, 1.54) is 0 Å². The number of benzene rings is 1. The van der Waals surface area contributed by atoms with E-state index < -0.39 is 0 Å². The van der Waals surface area contributed by atoms with Gasteiger partial charge in [0.05, 0.1) is 0 Å². The maximum Gasteiger partial charge on any atom is 0.253 e. The van der Waals surface area contributed by atoms with Gasteiger partial charge in [0.1, 0.15) is 0 Å². The monoisotopic (exact) mass is 257 g/mol. The lowest BCUT2D eigenvalue weighted by molar-refractivity contribution is 0.0793. The maximum atomic E-state index is 12.3. The first-order chi connectivity index (χ1) is 9.24. The highest BCUT2D eigenvalue weighted by molar-refractivity contribution is 5.95. The molecular weight excluding hydrogens is 242 g/mol. The van der Waals surface area contributed by atoms with Crippen LogP contribution in [-0.2, 0) is 0 Å². The zero-order valence-corrected chi connectivity index (χ0v) is 10.8. The maximum absolute atomic E-state index is 12.3. The largest absolute Gasteiger partial charge is 0.421 e. The first-order valence-corrected chi connectivity index (χ1v) is 6.44. The van der Waals surface area contributed by atoms with Crippen LogP contribution in [0.3, 0.4) is 0 Å². The number of rotatable bonds is 2. The molecule has 1 fully saturated rings. The van der Waals surface area contributed by atoms with Crippen LogP contribution in [0.15, 0.2) is 28.7 Å². The lowest BCUT2D eigenvalue weighted by Crippen LogP contribution is -2.27. The van der Waals surface area contributed by atoms with Gasteiger partial charge in [0.15, 0.2) is 0 Å². The van der Waals surface area contributed by atoms with Gasteiger partial charge >= 0.3 is 0 Å². The van der Waals surface area contributed by atoms with E-state index in [1.54, 1.807) is 6.92 Å². The summed E-state index contributed by atoms with van der Waals surface area (Å²) in [6.07, 6.45) is 2.18. The second-order valence-electron chi connectivity index (χ2n) is 4.71. The van der Waals surface area contributed by atoms with Crippen LogP contribution < -0.4 is 0 Å². The van der Waals surface area contributed by atoms with Gasteiger partial charge in [-0.2, -0.15) is 0 Å². The summed E-state index contributed by atoms with van der Waals surface area (Å²) in [7, 11) is 0. The Morgan fingerprint density at radius 2 is 2.05 bits per heavy atom. The molecule has 1 saturated heterocycles. The third kappa shape index (κ3) is 2.36. The number of nitrogens with zero attached hydrogens (tertiary/aromatic N) is 3. The molecule has 1 aliphatic rings. The summed E-state index contributed by atoms with van der Waals surface area (Å²) in [5.74, 6) is 1.05. The summed E-state index contributed by atoms with van der Waals surface area (Å²) in [5.41, 5.74) is 1.46. The van der Waals surface area contributed by atoms with Crippen LogP contribution in [0, 0.1) is 6.92 Å². The highest BCUT2D eigenvalue weighted by Gasteiger charge is 2.20. The molecule has 2 heterocycles. The normalized spacial score (nSPS) is 14.9. The SMILES string of the molecule is Cc1nnc(-c2cccc(C(=O)N3CCCC3)c2)o1. The van der Waals surface area contributed by atoms with Crippen molar-refractivity contribution in [3.05, 3.63) is 35.7 Å². The van der Waals surface area contributed by atoms with Gasteiger partial charge < -0.3 is 9.32 Å². The number of hydrogen-bond acceptors (Lipinski definition) is 4. The van der Waals surface area contributed by atoms with Crippen molar-refractivity contribution in [3.8, 4) is 11.5 Å². The second-order valence-corrected chi connectivity index (χ2v) is 4.71. The lowest BCUT2D eigenvalue weighted by Gasteiger charge is -2.15. The minimum atomic E-state index is 0.0792. The lowest BCUT2D eigenvalue weighted by atomic mass is 10.1. The van der Waals surface area contributed by atoms with E-state index in [-0.39, 0.29) is 5.91 Å². The molecule has 5 heteroatoms. The van der Waals surface area contributed by atoms with Crippen molar-refractivity contribution < 1.29 is 9.21 Å². The van der Waals surface area contributed by atoms with Crippen LogP contribution in [0.4, 0.5) is 0 Å². The fourth-order valence-corrected chi connectivity index (χ4v) is 2.30. The molecule has 1 aromatic heterocycles. The van der Waals surface area contributed by atoms with Gasteiger partial charge in [-0.05, 0) is 31.0 Å². The quantitative estimate of drug-likeness (QED) is 0.828. The van der Waals surface area contributed by atoms with Gasteiger partial charge in [0.25, 0.3) is 5.91 Å². The fraction of sp³-hybridized carbons (Fsp3) is 0.357. The van der Waals surface area contributed by atoms with Crippen LogP contribution in [0.5, 0.6) is 0 Å². The summed E-state index contributed by atoms with van der Waals surface area (Å²) in [4.78, 5) is 14.2. The van der Waals surface area contributed by atoms with Crippen LogP contribution in [0.25, 0.3) is 11.5 Å². The third-order valence-electron chi connectivity index (χ3n) is 3.28. The highest BCUT2D eigenvalue weighted by atomic mass is 16.4. The predicted molar refractivity (Wildman–Crippen MR) is 69.6 cm³/mol. The summed E-state index contributed by atoms with van der Waals surface area (Å²) in [6.45, 7) is 3.45. The number of amides is 1. The predicted octanol–water partition coefficient (Wildman–Crippen LogP) is 2.28. The van der Waals surface area contributed by atoms with Gasteiger partial charge in [0, 0.05) is 31.1 Å². The number of carbonyl (C=O) groups is 1. The average molecular weight is 257 g/mol. The molecule has 5 nitrogen and oxygen atoms in total. The zero-order chi connectivity index (χ0) is 13.2. The van der Waals surface area contributed by atoms with E-state index in [9.17, 15) is 4.79 Å². The molecular formula is C14H15N3O2. The summed E-state index contributed by atoms with van der Waals surface area (Å²) in [5, 5.41) is 7.78. The molecule has 0 N–H and O–H groups in total. The molecule has 0 spiro atoms. The molecule has 0 saturated carbocycles. The van der Waals surface area contributed by atoms with Crippen molar-refractivity contribution in [2.75, 3.05) is 13.1 Å². The van der Waals surface area contributed by atoms with E-state index in [1.807, 2.05) is 29.2 Å². The molecule has 1 aliphatic heterocycles. The first-order valence-electron chi connectivity index (χ1n) is 6.44. The topological polar surface area (TPSA) is 59.2 Å². The molecule has 19 heavy (non-hydrogen) atoms. The van der Waals surface area contributed by atoms with E-state index in [4.69, 9.17) is 4.42 Å². The Kier molecular flexibility index (Phi) is 3.03. The molecule has 0 aliphatic carbocycles. The van der Waals surface area contributed by atoms with Crippen molar-refractivity contribution in [1.82, 2.24) is 15.1 Å². The summed E-state index contributed by atoms with van der Waals surface area (Å²) < 4.78 is 5.38. The van der Waals surface area contributed by atoms with Crippen LogP contribution >= 0.6 is 0 Å². The van der Waals surface area contributed by atoms with E-state index in [0.29, 0.717) is 17.3 Å². The fourth-order valence-electron chi connectivity index (χ4n) is 2.30. The molecule has 3 rings (SSSR count). The second kappa shape index (κ2) is 4.84. The first kappa shape index (κ1) is 11.9. The number of aromatic nitrogens is 2. The van der Waals surface area contributed by atoms with E-state index in [0.717, 1.165) is 31.5 Å². The Morgan fingerprint density at radius 3 is 2.74 bits per heavy atom. The molecule has 2 aromatic rings. The number of hydrogen-bond donors (Lipinski definition) is 0. The Bertz CT molecular complexity index is 600. The molecule has 0 atom stereocenters. The standard InChI is InChI=1S/C14H15N3O2/c1-10-15-16-13(19-10)11-5-4-6-12(9-11)14(18)17-7-2-3-8-17/h4-6,9H,2-3,7-8H2,1H3. The smallest absolute Gasteiger partial charge is 0.253 e. The van der Waals surface area contributed by atoms with Crippen molar-refractivity contribution in [2.45, 2.75) is 19.8 Å². The third-order valence-corrected chi connectivity index (χ3v) is 3.28. The molecule has 0 bridgehead atoms. The van der Waals surface area contributed by atoms with Crippen molar-refractivity contribution in [3.63, 3.8) is 0 Å². The van der Waals surface area contributed by atoms with E-state index >= 15 is 0 Å². The Hall–Kier alpha value is -2.17. The van der Waals surface area contributed by atoms with Crippen LogP contribution in [0.1, 0.15) is 29.1 Å². The average Bonchev–Trinajstić information content (AvgIpc) is 3.09. The zero-order valence-electron chi connectivity index (χ0n) is 10.8. The minimum Gasteiger partial charge on any atom is -0.421 e.